The molecule has 0 bridgehead atoms. The summed E-state index contributed by atoms with van der Waals surface area (Å²) in [5, 5.41) is 13.4. The van der Waals surface area contributed by atoms with E-state index < -0.39 is 0 Å². The van der Waals surface area contributed by atoms with Gasteiger partial charge in [-0.3, -0.25) is 0 Å². The molecule has 0 aliphatic rings. The van der Waals surface area contributed by atoms with Crippen LogP contribution in [-0.4, -0.2) is 23.9 Å². The Hall–Kier alpha value is -1.66. The van der Waals surface area contributed by atoms with E-state index in [9.17, 15) is 0 Å². The van der Waals surface area contributed by atoms with Gasteiger partial charge in [-0.15, -0.1) is 21.5 Å². The molecule has 5 nitrogen and oxygen atoms in total. The minimum atomic E-state index is 0.699. The van der Waals surface area contributed by atoms with Gasteiger partial charge < -0.3 is 14.8 Å². The van der Waals surface area contributed by atoms with E-state index in [1.54, 1.807) is 18.4 Å². The van der Waals surface area contributed by atoms with Crippen LogP contribution in [0.1, 0.15) is 28.9 Å². The van der Waals surface area contributed by atoms with Gasteiger partial charge in [0.15, 0.2) is 11.5 Å². The van der Waals surface area contributed by atoms with E-state index >= 15 is 0 Å². The zero-order chi connectivity index (χ0) is 15.1. The standard InChI is InChI=1S/C15H21N3O2S/c1-4-7-20-13-6-5-12(8-14(13)19-3)9-16-10-15-18-17-11(2)21-15/h5-6,8,16H,4,7,9-10H2,1-3H3. The van der Waals surface area contributed by atoms with Crippen LogP contribution in [0, 0.1) is 6.92 Å². The molecule has 0 unspecified atom stereocenters. The number of aryl methyl sites for hydroxylation is 1. The molecule has 1 heterocycles. The summed E-state index contributed by atoms with van der Waals surface area (Å²) < 4.78 is 11.0. The average molecular weight is 307 g/mol. The Labute approximate surface area is 129 Å². The molecule has 2 rings (SSSR count). The zero-order valence-corrected chi connectivity index (χ0v) is 13.5. The first-order chi connectivity index (χ1) is 10.2. The lowest BCUT2D eigenvalue weighted by Crippen LogP contribution is -2.12. The van der Waals surface area contributed by atoms with Gasteiger partial charge in [0.05, 0.1) is 13.7 Å². The van der Waals surface area contributed by atoms with Crippen molar-refractivity contribution < 1.29 is 9.47 Å². The number of aromatic nitrogens is 2. The zero-order valence-electron chi connectivity index (χ0n) is 12.7. The molecule has 0 spiro atoms. The number of hydrogen-bond acceptors (Lipinski definition) is 6. The van der Waals surface area contributed by atoms with E-state index in [1.807, 2.05) is 25.1 Å². The van der Waals surface area contributed by atoms with Gasteiger partial charge >= 0.3 is 0 Å². The second-order valence-corrected chi connectivity index (χ2v) is 5.92. The molecule has 0 radical (unpaired) electrons. The number of rotatable bonds is 8. The lowest BCUT2D eigenvalue weighted by molar-refractivity contribution is 0.294. The second-order valence-electron chi connectivity index (χ2n) is 4.65. The van der Waals surface area contributed by atoms with Gasteiger partial charge in [0.2, 0.25) is 0 Å². The molecule has 0 saturated carbocycles. The minimum Gasteiger partial charge on any atom is -0.493 e. The molecule has 1 aromatic carbocycles. The summed E-state index contributed by atoms with van der Waals surface area (Å²) in [6.45, 7) is 6.22. The van der Waals surface area contributed by atoms with Crippen molar-refractivity contribution in [1.29, 1.82) is 0 Å². The smallest absolute Gasteiger partial charge is 0.161 e. The average Bonchev–Trinajstić information content (AvgIpc) is 2.91. The van der Waals surface area contributed by atoms with Gasteiger partial charge in [-0.25, -0.2) is 0 Å². The first kappa shape index (κ1) is 15.7. The van der Waals surface area contributed by atoms with Crippen molar-refractivity contribution in [2.24, 2.45) is 0 Å². The fraction of sp³-hybridized carbons (Fsp3) is 0.467. The summed E-state index contributed by atoms with van der Waals surface area (Å²) in [5.41, 5.74) is 1.15. The largest absolute Gasteiger partial charge is 0.493 e. The van der Waals surface area contributed by atoms with Gasteiger partial charge in [0, 0.05) is 13.1 Å². The summed E-state index contributed by atoms with van der Waals surface area (Å²) in [7, 11) is 1.66. The first-order valence-electron chi connectivity index (χ1n) is 7.02. The summed E-state index contributed by atoms with van der Waals surface area (Å²) in [6, 6.07) is 6.01. The normalized spacial score (nSPS) is 10.6. The fourth-order valence-electron chi connectivity index (χ4n) is 1.88. The number of methoxy groups -OCH3 is 1. The molecule has 0 saturated heterocycles. The molecule has 1 N–H and O–H groups in total. The van der Waals surface area contributed by atoms with Crippen LogP contribution in [0.5, 0.6) is 11.5 Å². The third-order valence-corrected chi connectivity index (χ3v) is 3.70. The summed E-state index contributed by atoms with van der Waals surface area (Å²) >= 11 is 1.61. The highest BCUT2D eigenvalue weighted by Gasteiger charge is 2.06. The summed E-state index contributed by atoms with van der Waals surface area (Å²) in [6.07, 6.45) is 0.980. The van der Waals surface area contributed by atoms with Gasteiger partial charge in [-0.1, -0.05) is 13.0 Å². The second kappa shape index (κ2) is 7.95. The van der Waals surface area contributed by atoms with Crippen LogP contribution in [0.4, 0.5) is 0 Å². The van der Waals surface area contributed by atoms with Crippen molar-refractivity contribution in [2.45, 2.75) is 33.4 Å². The molecule has 0 aliphatic carbocycles. The fourth-order valence-corrected chi connectivity index (χ4v) is 2.55. The van der Waals surface area contributed by atoms with Gasteiger partial charge in [0.1, 0.15) is 10.0 Å². The van der Waals surface area contributed by atoms with Crippen LogP contribution >= 0.6 is 11.3 Å². The molecule has 0 aliphatic heterocycles. The SMILES string of the molecule is CCCOc1ccc(CNCc2nnc(C)s2)cc1OC. The molecule has 21 heavy (non-hydrogen) atoms. The maximum Gasteiger partial charge on any atom is 0.161 e. The van der Waals surface area contributed by atoms with Crippen molar-refractivity contribution >= 4 is 11.3 Å². The maximum absolute atomic E-state index is 5.65. The molecule has 0 amide bonds. The predicted octanol–water partition coefficient (Wildman–Crippen LogP) is 2.93. The number of ether oxygens (including phenoxy) is 2. The van der Waals surface area contributed by atoms with E-state index in [-0.39, 0.29) is 0 Å². The van der Waals surface area contributed by atoms with Gasteiger partial charge in [-0.2, -0.15) is 0 Å². The monoisotopic (exact) mass is 307 g/mol. The third-order valence-electron chi connectivity index (χ3n) is 2.86. The summed E-state index contributed by atoms with van der Waals surface area (Å²) in [4.78, 5) is 0. The maximum atomic E-state index is 5.65. The Morgan fingerprint density at radius 2 is 2.05 bits per heavy atom. The van der Waals surface area contributed by atoms with Crippen LogP contribution in [0.2, 0.25) is 0 Å². The molecular weight excluding hydrogens is 286 g/mol. The van der Waals surface area contributed by atoms with E-state index in [0.29, 0.717) is 6.61 Å². The molecule has 114 valence electrons. The van der Waals surface area contributed by atoms with Crippen molar-refractivity contribution in [1.82, 2.24) is 15.5 Å². The van der Waals surface area contributed by atoms with Crippen LogP contribution in [0.15, 0.2) is 18.2 Å². The topological polar surface area (TPSA) is 56.3 Å². The first-order valence-corrected chi connectivity index (χ1v) is 7.84. The van der Waals surface area contributed by atoms with Crippen LogP contribution in [0.3, 0.4) is 0 Å². The highest BCUT2D eigenvalue weighted by molar-refractivity contribution is 7.11. The van der Waals surface area contributed by atoms with Gasteiger partial charge in [-0.05, 0) is 31.0 Å². The van der Waals surface area contributed by atoms with E-state index in [1.165, 1.54) is 0 Å². The van der Waals surface area contributed by atoms with Crippen LogP contribution < -0.4 is 14.8 Å². The van der Waals surface area contributed by atoms with Crippen molar-refractivity contribution in [3.8, 4) is 11.5 Å². The summed E-state index contributed by atoms with van der Waals surface area (Å²) in [5.74, 6) is 1.57. The lowest BCUT2D eigenvalue weighted by atomic mass is 10.2. The highest BCUT2D eigenvalue weighted by Crippen LogP contribution is 2.28. The Balaban J connectivity index is 1.90. The van der Waals surface area contributed by atoms with E-state index in [2.05, 4.69) is 22.4 Å². The molecule has 6 heteroatoms. The van der Waals surface area contributed by atoms with E-state index in [4.69, 9.17) is 9.47 Å². The Kier molecular flexibility index (Phi) is 5.95. The number of nitrogens with zero attached hydrogens (tertiary/aromatic N) is 2. The van der Waals surface area contributed by atoms with Crippen molar-refractivity contribution in [3.05, 3.63) is 33.8 Å². The third kappa shape index (κ3) is 4.68. The Morgan fingerprint density at radius 1 is 1.19 bits per heavy atom. The number of hydrogen-bond donors (Lipinski definition) is 1. The quantitative estimate of drug-likeness (QED) is 0.812. The molecule has 0 fully saturated rings. The van der Waals surface area contributed by atoms with Crippen molar-refractivity contribution in [2.75, 3.05) is 13.7 Å². The Morgan fingerprint density at radius 3 is 2.71 bits per heavy atom. The van der Waals surface area contributed by atoms with E-state index in [0.717, 1.165) is 46.6 Å². The van der Waals surface area contributed by atoms with Crippen molar-refractivity contribution in [3.63, 3.8) is 0 Å². The van der Waals surface area contributed by atoms with Gasteiger partial charge in [0.25, 0.3) is 0 Å². The predicted molar refractivity (Wildman–Crippen MR) is 84.0 cm³/mol. The molecule has 1 aromatic heterocycles. The number of benzene rings is 1. The molecular formula is C15H21N3O2S. The minimum absolute atomic E-state index is 0.699. The van der Waals surface area contributed by atoms with Crippen LogP contribution in [0.25, 0.3) is 0 Å². The molecule has 0 atom stereocenters. The lowest BCUT2D eigenvalue weighted by Gasteiger charge is -2.11. The van der Waals surface area contributed by atoms with Crippen LogP contribution in [-0.2, 0) is 13.1 Å². The molecule has 2 aromatic rings. The highest BCUT2D eigenvalue weighted by atomic mass is 32.1. The number of nitrogens with one attached hydrogen (secondary N) is 1. The Bertz CT molecular complexity index is 572.